The summed E-state index contributed by atoms with van der Waals surface area (Å²) in [5, 5.41) is 5.46. The van der Waals surface area contributed by atoms with Crippen LogP contribution in [-0.2, 0) is 20.9 Å². The molecule has 1 aromatic rings. The van der Waals surface area contributed by atoms with Crippen LogP contribution in [0.4, 0.5) is 5.69 Å². The molecular weight excluding hydrogens is 348 g/mol. The van der Waals surface area contributed by atoms with Crippen molar-refractivity contribution in [3.05, 3.63) is 29.3 Å². The number of amides is 4. The van der Waals surface area contributed by atoms with Gasteiger partial charge in [-0.3, -0.25) is 24.5 Å². The molecule has 2 aliphatic heterocycles. The Morgan fingerprint density at radius 2 is 2.15 bits per heavy atom. The average Bonchev–Trinajstić information content (AvgIpc) is 2.96. The van der Waals surface area contributed by atoms with Crippen LogP contribution in [0, 0.1) is 0 Å². The summed E-state index contributed by atoms with van der Waals surface area (Å²) in [5.41, 5.74) is 7.43. The number of hydrogen-bond donors (Lipinski definition) is 3. The maximum atomic E-state index is 12.8. The molecule has 8 nitrogen and oxygen atoms in total. The minimum atomic E-state index is -0.664. The number of nitrogens with two attached hydrogens (primary N) is 1. The topological polar surface area (TPSA) is 122 Å². The molecular formula is C19H24N4O4. The largest absolute Gasteiger partial charge is 0.373 e. The molecule has 1 fully saturated rings. The monoisotopic (exact) mass is 372 g/mol. The zero-order valence-corrected chi connectivity index (χ0v) is 15.3. The third-order valence-electron chi connectivity index (χ3n) is 5.10. The first-order valence-corrected chi connectivity index (χ1v) is 9.24. The molecule has 1 aromatic carbocycles. The normalized spacial score (nSPS) is 20.3. The molecule has 8 heteroatoms. The molecule has 27 heavy (non-hydrogen) atoms. The van der Waals surface area contributed by atoms with Crippen molar-refractivity contribution in [3.63, 3.8) is 0 Å². The van der Waals surface area contributed by atoms with Gasteiger partial charge in [-0.25, -0.2) is 0 Å². The van der Waals surface area contributed by atoms with Crippen LogP contribution in [0.1, 0.15) is 54.9 Å². The highest BCUT2D eigenvalue weighted by molar-refractivity contribution is 6.06. The molecule has 2 aliphatic rings. The second kappa shape index (κ2) is 7.77. The number of benzene rings is 1. The number of imide groups is 1. The Bertz CT molecular complexity index is 792. The van der Waals surface area contributed by atoms with Gasteiger partial charge in [0.05, 0.1) is 0 Å². The molecule has 2 atom stereocenters. The van der Waals surface area contributed by atoms with Crippen LogP contribution in [0.15, 0.2) is 18.2 Å². The summed E-state index contributed by atoms with van der Waals surface area (Å²) in [7, 11) is 0. The number of nitrogens with zero attached hydrogens (tertiary/aromatic N) is 1. The number of primary amides is 1. The van der Waals surface area contributed by atoms with Crippen molar-refractivity contribution in [2.24, 2.45) is 5.73 Å². The molecule has 0 saturated carbocycles. The van der Waals surface area contributed by atoms with Crippen molar-refractivity contribution in [1.82, 2.24) is 10.2 Å². The summed E-state index contributed by atoms with van der Waals surface area (Å²) in [5.74, 6) is -1.44. The summed E-state index contributed by atoms with van der Waals surface area (Å²) in [6.07, 6.45) is 2.94. The van der Waals surface area contributed by atoms with Gasteiger partial charge in [0.15, 0.2) is 0 Å². The van der Waals surface area contributed by atoms with Gasteiger partial charge in [0.25, 0.3) is 5.91 Å². The Labute approximate surface area is 157 Å². The minimum absolute atomic E-state index is 0.211. The SMILES string of the molecule is CCCCC(Nc1cccc2c1CN(C1CCC(=O)NC1=O)C2=O)C(N)=O. The molecule has 4 amide bonds. The Kier molecular flexibility index (Phi) is 5.43. The number of carbonyl (C=O) groups excluding carboxylic acids is 4. The number of hydrogen-bond acceptors (Lipinski definition) is 5. The van der Waals surface area contributed by atoms with E-state index in [9.17, 15) is 19.2 Å². The third kappa shape index (κ3) is 3.79. The fraction of sp³-hybridized carbons (Fsp3) is 0.474. The van der Waals surface area contributed by atoms with E-state index in [2.05, 4.69) is 10.6 Å². The summed E-state index contributed by atoms with van der Waals surface area (Å²) in [4.78, 5) is 49.6. The van der Waals surface area contributed by atoms with Crippen molar-refractivity contribution >= 4 is 29.3 Å². The fourth-order valence-corrected chi connectivity index (χ4v) is 3.60. The van der Waals surface area contributed by atoms with E-state index in [0.29, 0.717) is 24.1 Å². The van der Waals surface area contributed by atoms with E-state index in [0.717, 1.165) is 18.4 Å². The van der Waals surface area contributed by atoms with Crippen LogP contribution >= 0.6 is 0 Å². The van der Waals surface area contributed by atoms with Crippen LogP contribution in [0.25, 0.3) is 0 Å². The molecule has 0 spiro atoms. The van der Waals surface area contributed by atoms with Gasteiger partial charge < -0.3 is 16.0 Å². The standard InChI is InChI=1S/C19H24N4O4/c1-2-3-6-14(17(20)25)21-13-7-4-5-11-12(13)10-23(19(11)27)15-8-9-16(24)22-18(15)26/h4-5,7,14-15,21H,2-3,6,8-10H2,1H3,(H2,20,25)(H,22,24,26). The van der Waals surface area contributed by atoms with E-state index in [1.165, 1.54) is 4.90 Å². The first-order valence-electron chi connectivity index (χ1n) is 9.24. The first kappa shape index (κ1) is 18.9. The minimum Gasteiger partial charge on any atom is -0.373 e. The summed E-state index contributed by atoms with van der Waals surface area (Å²) in [6, 6.07) is 4.08. The second-order valence-corrected chi connectivity index (χ2v) is 6.97. The summed E-state index contributed by atoms with van der Waals surface area (Å²) >= 11 is 0. The van der Waals surface area contributed by atoms with E-state index in [1.807, 2.05) is 13.0 Å². The number of fused-ring (bicyclic) bond motifs is 1. The Morgan fingerprint density at radius 1 is 1.37 bits per heavy atom. The number of carbonyl (C=O) groups is 4. The van der Waals surface area contributed by atoms with Crippen LogP contribution < -0.4 is 16.4 Å². The average molecular weight is 372 g/mol. The van der Waals surface area contributed by atoms with Gasteiger partial charge in [0.1, 0.15) is 12.1 Å². The van der Waals surface area contributed by atoms with E-state index in [4.69, 9.17) is 5.73 Å². The highest BCUT2D eigenvalue weighted by atomic mass is 16.2. The predicted molar refractivity (Wildman–Crippen MR) is 98.6 cm³/mol. The van der Waals surface area contributed by atoms with Crippen LogP contribution in [0.2, 0.25) is 0 Å². The maximum absolute atomic E-state index is 12.8. The van der Waals surface area contributed by atoms with Gasteiger partial charge in [-0.05, 0) is 25.0 Å². The second-order valence-electron chi connectivity index (χ2n) is 6.97. The lowest BCUT2D eigenvalue weighted by Crippen LogP contribution is -2.52. The summed E-state index contributed by atoms with van der Waals surface area (Å²) in [6.45, 7) is 2.29. The van der Waals surface area contributed by atoms with Crippen molar-refractivity contribution < 1.29 is 19.2 Å². The van der Waals surface area contributed by atoms with Gasteiger partial charge in [0.2, 0.25) is 17.7 Å². The molecule has 144 valence electrons. The van der Waals surface area contributed by atoms with Gasteiger partial charge in [-0.15, -0.1) is 0 Å². The zero-order chi connectivity index (χ0) is 19.6. The molecule has 1 saturated heterocycles. The van der Waals surface area contributed by atoms with E-state index >= 15 is 0 Å². The van der Waals surface area contributed by atoms with Crippen LogP contribution in [0.3, 0.4) is 0 Å². The van der Waals surface area contributed by atoms with Crippen LogP contribution in [0.5, 0.6) is 0 Å². The molecule has 2 heterocycles. The number of unbranched alkanes of at least 4 members (excludes halogenated alkanes) is 1. The lowest BCUT2D eigenvalue weighted by molar-refractivity contribution is -0.137. The van der Waals surface area contributed by atoms with E-state index in [-0.39, 0.29) is 24.8 Å². The number of rotatable bonds is 7. The van der Waals surface area contributed by atoms with Gasteiger partial charge in [-0.1, -0.05) is 25.8 Å². The van der Waals surface area contributed by atoms with Crippen LogP contribution in [-0.4, -0.2) is 40.6 Å². The van der Waals surface area contributed by atoms with Gasteiger partial charge in [-0.2, -0.15) is 0 Å². The molecule has 0 bridgehead atoms. The maximum Gasteiger partial charge on any atom is 0.255 e. The highest BCUT2D eigenvalue weighted by Gasteiger charge is 2.40. The Balaban J connectivity index is 1.82. The third-order valence-corrected chi connectivity index (χ3v) is 5.10. The Hall–Kier alpha value is -2.90. The molecule has 2 unspecified atom stereocenters. The van der Waals surface area contributed by atoms with Gasteiger partial charge >= 0.3 is 0 Å². The van der Waals surface area contributed by atoms with Crippen molar-refractivity contribution in [2.45, 2.75) is 57.7 Å². The van der Waals surface area contributed by atoms with Gasteiger partial charge in [0, 0.05) is 29.8 Å². The lowest BCUT2D eigenvalue weighted by Gasteiger charge is -2.29. The fourth-order valence-electron chi connectivity index (χ4n) is 3.60. The van der Waals surface area contributed by atoms with E-state index in [1.54, 1.807) is 12.1 Å². The predicted octanol–water partition coefficient (Wildman–Crippen LogP) is 0.904. The number of piperidine rings is 1. The lowest BCUT2D eigenvalue weighted by atomic mass is 10.0. The van der Waals surface area contributed by atoms with Crippen molar-refractivity contribution in [1.29, 1.82) is 0 Å². The number of anilines is 1. The Morgan fingerprint density at radius 3 is 2.81 bits per heavy atom. The molecule has 0 aliphatic carbocycles. The molecule has 3 rings (SSSR count). The van der Waals surface area contributed by atoms with E-state index < -0.39 is 23.9 Å². The van der Waals surface area contributed by atoms with Crippen molar-refractivity contribution in [3.8, 4) is 0 Å². The molecule has 0 radical (unpaired) electrons. The quantitative estimate of drug-likeness (QED) is 0.614. The summed E-state index contributed by atoms with van der Waals surface area (Å²) < 4.78 is 0. The molecule has 0 aromatic heterocycles. The molecule has 4 N–H and O–H groups in total. The zero-order valence-electron chi connectivity index (χ0n) is 15.3. The number of nitrogens with one attached hydrogen (secondary N) is 2. The highest BCUT2D eigenvalue weighted by Crippen LogP contribution is 2.32. The van der Waals surface area contributed by atoms with Crippen molar-refractivity contribution in [2.75, 3.05) is 5.32 Å². The first-order chi connectivity index (χ1) is 12.9. The smallest absolute Gasteiger partial charge is 0.255 e.